The number of pyridine rings is 1. The number of hydrogen-bond donors (Lipinski definition) is 2. The molecule has 0 aromatic carbocycles. The molecule has 86 valence electrons. The van der Waals surface area contributed by atoms with Crippen molar-refractivity contribution in [2.45, 2.75) is 0 Å². The molecule has 7 heteroatoms. The molecule has 2 rings (SSSR count). The van der Waals surface area contributed by atoms with Crippen LogP contribution in [0.1, 0.15) is 20.8 Å². The summed E-state index contributed by atoms with van der Waals surface area (Å²) in [5, 5.41) is 12.7. The summed E-state index contributed by atoms with van der Waals surface area (Å²) >= 11 is 0. The summed E-state index contributed by atoms with van der Waals surface area (Å²) in [6.07, 6.45) is 2.67. The maximum Gasteiger partial charge on any atom is 0.354 e. The second-order valence-corrected chi connectivity index (χ2v) is 3.22. The summed E-state index contributed by atoms with van der Waals surface area (Å²) in [7, 11) is 0. The summed E-state index contributed by atoms with van der Waals surface area (Å²) in [6.45, 7) is 0. The lowest BCUT2D eigenvalue weighted by Gasteiger charge is -2.00. The van der Waals surface area contributed by atoms with E-state index >= 15 is 0 Å². The van der Waals surface area contributed by atoms with Crippen LogP contribution in [0.5, 0.6) is 0 Å². The molecule has 0 aliphatic heterocycles. The van der Waals surface area contributed by atoms with Gasteiger partial charge in [0.1, 0.15) is 0 Å². The highest BCUT2D eigenvalue weighted by atomic mass is 16.4. The van der Waals surface area contributed by atoms with Crippen molar-refractivity contribution < 1.29 is 14.7 Å². The van der Waals surface area contributed by atoms with E-state index in [0.717, 1.165) is 0 Å². The Labute approximate surface area is 95.5 Å². The highest BCUT2D eigenvalue weighted by molar-refractivity contribution is 5.92. The van der Waals surface area contributed by atoms with Crippen LogP contribution in [0.3, 0.4) is 0 Å². The number of carbonyl (C=O) groups is 2. The topological polar surface area (TPSA) is 111 Å². The number of aromatic carboxylic acids is 1. The average molecular weight is 232 g/mol. The van der Waals surface area contributed by atoms with Crippen LogP contribution < -0.4 is 5.73 Å². The molecule has 0 aliphatic rings. The van der Waals surface area contributed by atoms with Crippen molar-refractivity contribution in [2.75, 3.05) is 0 Å². The summed E-state index contributed by atoms with van der Waals surface area (Å²) in [6, 6.07) is 4.48. The lowest BCUT2D eigenvalue weighted by Crippen LogP contribution is -2.09. The van der Waals surface area contributed by atoms with Crippen LogP contribution >= 0.6 is 0 Å². The predicted molar refractivity (Wildman–Crippen MR) is 56.8 cm³/mol. The second kappa shape index (κ2) is 4.05. The molecule has 0 radical (unpaired) electrons. The molecule has 0 bridgehead atoms. The predicted octanol–water partition coefficient (Wildman–Crippen LogP) is 0.0644. The summed E-state index contributed by atoms with van der Waals surface area (Å²) in [5.74, 6) is -1.43. The summed E-state index contributed by atoms with van der Waals surface area (Å²) < 4.78 is 1.28. The van der Waals surface area contributed by atoms with Crippen LogP contribution in [-0.2, 0) is 0 Å². The van der Waals surface area contributed by atoms with Gasteiger partial charge in [0.2, 0.25) is 0 Å². The maximum atomic E-state index is 10.9. The number of carbonyl (C=O) groups excluding carboxylic acids is 1. The number of carboxylic acid groups (broad SMARTS) is 1. The van der Waals surface area contributed by atoms with Gasteiger partial charge in [0.15, 0.2) is 11.5 Å². The Balaban J connectivity index is 2.42. The fraction of sp³-hybridized carbons (Fsp3) is 0. The van der Waals surface area contributed by atoms with Crippen LogP contribution in [0.15, 0.2) is 30.6 Å². The largest absolute Gasteiger partial charge is 0.477 e. The first-order chi connectivity index (χ1) is 8.08. The molecular weight excluding hydrogens is 224 g/mol. The van der Waals surface area contributed by atoms with Crippen LogP contribution in [-0.4, -0.2) is 31.7 Å². The Bertz CT molecular complexity index is 591. The van der Waals surface area contributed by atoms with E-state index in [0.29, 0.717) is 5.82 Å². The van der Waals surface area contributed by atoms with Gasteiger partial charge in [-0.25, -0.2) is 14.5 Å². The molecule has 0 saturated carbocycles. The molecule has 3 N–H and O–H groups in total. The number of rotatable bonds is 3. The van der Waals surface area contributed by atoms with Gasteiger partial charge in [0, 0.05) is 6.20 Å². The Morgan fingerprint density at radius 1 is 1.35 bits per heavy atom. The minimum absolute atomic E-state index is 0.0985. The molecule has 0 fully saturated rings. The smallest absolute Gasteiger partial charge is 0.354 e. The molecule has 7 nitrogen and oxygen atoms in total. The number of nitrogens with two attached hydrogens (primary N) is 1. The van der Waals surface area contributed by atoms with Gasteiger partial charge in [-0.05, 0) is 12.1 Å². The van der Waals surface area contributed by atoms with Crippen LogP contribution in [0.25, 0.3) is 5.82 Å². The van der Waals surface area contributed by atoms with Gasteiger partial charge < -0.3 is 10.8 Å². The Morgan fingerprint density at radius 2 is 2.12 bits per heavy atom. The van der Waals surface area contributed by atoms with Crippen molar-refractivity contribution in [3.8, 4) is 5.82 Å². The minimum atomic E-state index is -1.13. The number of carboxylic acids is 1. The Kier molecular flexibility index (Phi) is 2.57. The first-order valence-corrected chi connectivity index (χ1v) is 4.63. The van der Waals surface area contributed by atoms with Crippen molar-refractivity contribution in [1.82, 2.24) is 14.8 Å². The molecule has 2 heterocycles. The fourth-order valence-electron chi connectivity index (χ4n) is 1.25. The van der Waals surface area contributed by atoms with Crippen molar-refractivity contribution >= 4 is 11.9 Å². The summed E-state index contributed by atoms with van der Waals surface area (Å²) in [5.41, 5.74) is 5.21. The molecule has 0 aliphatic carbocycles. The van der Waals surface area contributed by atoms with E-state index in [1.54, 1.807) is 6.07 Å². The van der Waals surface area contributed by atoms with Gasteiger partial charge in [-0.3, -0.25) is 4.79 Å². The summed E-state index contributed by atoms with van der Waals surface area (Å²) in [4.78, 5) is 25.5. The number of aromatic nitrogens is 3. The maximum absolute atomic E-state index is 10.9. The standard InChI is InChI=1S/C10H8N4O3/c11-9(15)6-4-12-14(5-6)8-3-1-2-7(13-8)10(16)17/h1-5H,(H2,11,15)(H,16,17). The first kappa shape index (κ1) is 10.8. The van der Waals surface area contributed by atoms with Crippen molar-refractivity contribution in [2.24, 2.45) is 5.73 Å². The zero-order valence-corrected chi connectivity index (χ0v) is 8.57. The third kappa shape index (κ3) is 2.12. The van der Waals surface area contributed by atoms with Gasteiger partial charge in [0.25, 0.3) is 5.91 Å². The quantitative estimate of drug-likeness (QED) is 0.777. The van der Waals surface area contributed by atoms with Gasteiger partial charge in [0.05, 0.1) is 11.8 Å². The Morgan fingerprint density at radius 3 is 2.71 bits per heavy atom. The van der Waals surface area contributed by atoms with Crippen molar-refractivity contribution in [3.05, 3.63) is 41.9 Å². The molecule has 0 spiro atoms. The van der Waals surface area contributed by atoms with Gasteiger partial charge >= 0.3 is 5.97 Å². The highest BCUT2D eigenvalue weighted by Crippen LogP contribution is 2.06. The third-order valence-corrected chi connectivity index (χ3v) is 2.06. The molecule has 2 aromatic rings. The molecular formula is C10H8N4O3. The van der Waals surface area contributed by atoms with E-state index in [1.807, 2.05) is 0 Å². The molecule has 1 amide bonds. The highest BCUT2D eigenvalue weighted by Gasteiger charge is 2.09. The lowest BCUT2D eigenvalue weighted by atomic mass is 10.3. The first-order valence-electron chi connectivity index (χ1n) is 4.63. The van der Waals surface area contributed by atoms with E-state index in [4.69, 9.17) is 10.8 Å². The minimum Gasteiger partial charge on any atom is -0.477 e. The van der Waals surface area contributed by atoms with E-state index in [9.17, 15) is 9.59 Å². The Hall–Kier alpha value is -2.70. The monoisotopic (exact) mass is 232 g/mol. The second-order valence-electron chi connectivity index (χ2n) is 3.22. The van der Waals surface area contributed by atoms with E-state index in [1.165, 1.54) is 29.2 Å². The SMILES string of the molecule is NC(=O)c1cnn(-c2cccc(C(=O)O)n2)c1. The van der Waals surface area contributed by atoms with E-state index in [2.05, 4.69) is 10.1 Å². The van der Waals surface area contributed by atoms with E-state index < -0.39 is 11.9 Å². The zero-order valence-electron chi connectivity index (χ0n) is 8.57. The van der Waals surface area contributed by atoms with Gasteiger partial charge in [-0.1, -0.05) is 6.07 Å². The molecule has 0 saturated heterocycles. The lowest BCUT2D eigenvalue weighted by molar-refractivity contribution is 0.0690. The number of amides is 1. The number of hydrogen-bond acceptors (Lipinski definition) is 4. The van der Waals surface area contributed by atoms with Crippen LogP contribution in [0.2, 0.25) is 0 Å². The molecule has 2 aromatic heterocycles. The molecule has 0 unspecified atom stereocenters. The number of nitrogens with zero attached hydrogens (tertiary/aromatic N) is 3. The van der Waals surface area contributed by atoms with Crippen molar-refractivity contribution in [1.29, 1.82) is 0 Å². The average Bonchev–Trinajstić information content (AvgIpc) is 2.78. The van der Waals surface area contributed by atoms with Crippen LogP contribution in [0.4, 0.5) is 0 Å². The van der Waals surface area contributed by atoms with Crippen molar-refractivity contribution in [3.63, 3.8) is 0 Å². The van der Waals surface area contributed by atoms with E-state index in [-0.39, 0.29) is 11.3 Å². The van der Waals surface area contributed by atoms with Gasteiger partial charge in [-0.15, -0.1) is 0 Å². The normalized spacial score (nSPS) is 10.1. The third-order valence-electron chi connectivity index (χ3n) is 2.06. The molecule has 17 heavy (non-hydrogen) atoms. The molecule has 0 atom stereocenters. The van der Waals surface area contributed by atoms with Crippen LogP contribution in [0, 0.1) is 0 Å². The fourth-order valence-corrected chi connectivity index (χ4v) is 1.25. The number of primary amides is 1. The zero-order chi connectivity index (χ0) is 12.4. The van der Waals surface area contributed by atoms with Gasteiger partial charge in [-0.2, -0.15) is 5.10 Å².